The van der Waals surface area contributed by atoms with Crippen LogP contribution in [0.15, 0.2) is 54.9 Å². The summed E-state index contributed by atoms with van der Waals surface area (Å²) in [6.45, 7) is 14.6. The molecule has 0 unspecified atom stereocenters. The van der Waals surface area contributed by atoms with Crippen LogP contribution < -0.4 is 0 Å². The summed E-state index contributed by atoms with van der Waals surface area (Å²) in [5.41, 5.74) is 5.15. The van der Waals surface area contributed by atoms with Crippen LogP contribution in [0.1, 0.15) is 66.7 Å². The fraction of sp³-hybridized carbons (Fsp3) is 0.515. The number of carbonyl (C=O) groups excluding carboxylic acids is 1. The zero-order valence-corrected chi connectivity index (χ0v) is 23.9. The van der Waals surface area contributed by atoms with Crippen molar-refractivity contribution in [2.45, 2.75) is 70.7 Å². The Hall–Kier alpha value is -2.80. The highest BCUT2D eigenvalue weighted by Crippen LogP contribution is 2.41. The van der Waals surface area contributed by atoms with Crippen LogP contribution in [-0.2, 0) is 11.2 Å². The van der Waals surface area contributed by atoms with Gasteiger partial charge in [-0.05, 0) is 69.2 Å². The normalized spacial score (nSPS) is 25.6. The molecular weight excluding hydrogens is 484 g/mol. The molecule has 0 N–H and O–H groups in total. The molecular formula is C33H42N4O2. The van der Waals surface area contributed by atoms with Crippen molar-refractivity contribution >= 4 is 16.7 Å². The predicted molar refractivity (Wildman–Crippen MR) is 156 cm³/mol. The van der Waals surface area contributed by atoms with Gasteiger partial charge < -0.3 is 9.64 Å². The second kappa shape index (κ2) is 10.6. The Morgan fingerprint density at radius 3 is 2.69 bits per heavy atom. The largest absolute Gasteiger partial charge is 0.376 e. The number of hydrogen-bond donors (Lipinski definition) is 0. The number of ether oxygens (including phenoxy) is 1. The van der Waals surface area contributed by atoms with E-state index in [1.165, 1.54) is 16.7 Å². The lowest BCUT2D eigenvalue weighted by molar-refractivity contribution is -0.0630. The summed E-state index contributed by atoms with van der Waals surface area (Å²) >= 11 is 0. The molecule has 2 fully saturated rings. The zero-order valence-electron chi connectivity index (χ0n) is 23.9. The van der Waals surface area contributed by atoms with Gasteiger partial charge in [0.05, 0.1) is 12.1 Å². The molecule has 6 heteroatoms. The molecule has 2 saturated heterocycles. The first kappa shape index (κ1) is 26.4. The van der Waals surface area contributed by atoms with E-state index in [0.717, 1.165) is 74.9 Å². The van der Waals surface area contributed by atoms with Crippen LogP contribution in [0.3, 0.4) is 0 Å². The monoisotopic (exact) mass is 526 g/mol. The number of piperidine rings is 1. The summed E-state index contributed by atoms with van der Waals surface area (Å²) in [5.74, 6) is 0.143. The number of rotatable bonds is 5. The second-order valence-electron chi connectivity index (χ2n) is 12.1. The van der Waals surface area contributed by atoms with Gasteiger partial charge in [0.1, 0.15) is 0 Å². The van der Waals surface area contributed by atoms with Gasteiger partial charge in [-0.1, -0.05) is 35.9 Å². The highest BCUT2D eigenvalue weighted by Gasteiger charge is 2.44. The molecule has 1 aromatic heterocycles. The smallest absolute Gasteiger partial charge is 0.254 e. The molecule has 3 atom stereocenters. The molecule has 0 bridgehead atoms. The molecule has 3 aliphatic rings. The van der Waals surface area contributed by atoms with Gasteiger partial charge in [0.25, 0.3) is 5.91 Å². The Bertz CT molecular complexity index is 1340. The molecule has 206 valence electrons. The molecule has 0 spiro atoms. The van der Waals surface area contributed by atoms with Gasteiger partial charge >= 0.3 is 0 Å². The zero-order chi connectivity index (χ0) is 27.1. The molecule has 1 amide bonds. The highest BCUT2D eigenvalue weighted by atomic mass is 16.5. The van der Waals surface area contributed by atoms with Gasteiger partial charge in [-0.25, -0.2) is 0 Å². The molecule has 0 saturated carbocycles. The first-order chi connectivity index (χ1) is 18.9. The number of pyridine rings is 1. The maximum atomic E-state index is 13.5. The van der Waals surface area contributed by atoms with Crippen LogP contribution in [0.2, 0.25) is 0 Å². The van der Waals surface area contributed by atoms with Gasteiger partial charge in [0, 0.05) is 80.7 Å². The average molecular weight is 527 g/mol. The minimum absolute atomic E-state index is 0.115. The molecule has 1 aliphatic carbocycles. The predicted octanol–water partition coefficient (Wildman–Crippen LogP) is 5.25. The van der Waals surface area contributed by atoms with Crippen molar-refractivity contribution in [1.29, 1.82) is 0 Å². The quantitative estimate of drug-likeness (QED) is 0.455. The van der Waals surface area contributed by atoms with Crippen molar-refractivity contribution in [3.63, 3.8) is 0 Å². The number of nitrogens with zero attached hydrogens (tertiary/aromatic N) is 4. The number of aromatic nitrogens is 1. The van der Waals surface area contributed by atoms with E-state index in [1.807, 2.05) is 30.5 Å². The van der Waals surface area contributed by atoms with Crippen molar-refractivity contribution in [3.8, 4) is 0 Å². The highest BCUT2D eigenvalue weighted by molar-refractivity contribution is 6.06. The van der Waals surface area contributed by atoms with Crippen molar-refractivity contribution in [1.82, 2.24) is 19.7 Å². The Labute approximate surface area is 232 Å². The van der Waals surface area contributed by atoms with Crippen molar-refractivity contribution in [3.05, 3.63) is 77.1 Å². The van der Waals surface area contributed by atoms with E-state index in [-0.39, 0.29) is 17.6 Å². The van der Waals surface area contributed by atoms with E-state index >= 15 is 0 Å². The molecule has 2 aromatic carbocycles. The topological polar surface area (TPSA) is 48.9 Å². The lowest BCUT2D eigenvalue weighted by atomic mass is 9.86. The van der Waals surface area contributed by atoms with Crippen LogP contribution in [0.25, 0.3) is 10.8 Å². The fourth-order valence-corrected chi connectivity index (χ4v) is 7.35. The number of aryl methyl sites for hydroxylation is 1. The molecule has 39 heavy (non-hydrogen) atoms. The number of benzene rings is 2. The van der Waals surface area contributed by atoms with Crippen LogP contribution >= 0.6 is 0 Å². The Morgan fingerprint density at radius 2 is 1.92 bits per heavy atom. The average Bonchev–Trinajstić information content (AvgIpc) is 3.29. The van der Waals surface area contributed by atoms with Crippen LogP contribution in [-0.4, -0.2) is 82.6 Å². The Balaban J connectivity index is 1.12. The van der Waals surface area contributed by atoms with Gasteiger partial charge in [-0.15, -0.1) is 0 Å². The van der Waals surface area contributed by atoms with Crippen LogP contribution in [0.4, 0.5) is 0 Å². The number of amides is 1. The van der Waals surface area contributed by atoms with Gasteiger partial charge in [-0.2, -0.15) is 0 Å². The first-order valence-electron chi connectivity index (χ1n) is 14.7. The van der Waals surface area contributed by atoms with Crippen molar-refractivity contribution < 1.29 is 9.53 Å². The lowest BCUT2D eigenvalue weighted by Gasteiger charge is -2.53. The third-order valence-corrected chi connectivity index (χ3v) is 9.61. The lowest BCUT2D eigenvalue weighted by Crippen LogP contribution is -2.62. The summed E-state index contributed by atoms with van der Waals surface area (Å²) < 4.78 is 6.30. The molecule has 3 aromatic rings. The SMILES string of the molecule is CCO[C@@H]1Cc2cc(C)ccc2[C@H]1N1CCN(C2(C)CCN(C(=O)c3cccc4cnccc34)CC2)C[C@@H]1C. The van der Waals surface area contributed by atoms with Crippen LogP contribution in [0.5, 0.6) is 0 Å². The third-order valence-electron chi connectivity index (χ3n) is 9.61. The Morgan fingerprint density at radius 1 is 1.10 bits per heavy atom. The second-order valence-corrected chi connectivity index (χ2v) is 12.1. The van der Waals surface area contributed by atoms with E-state index < -0.39 is 0 Å². The van der Waals surface area contributed by atoms with Crippen LogP contribution in [0, 0.1) is 6.92 Å². The molecule has 3 heterocycles. The third kappa shape index (κ3) is 4.88. The molecule has 6 rings (SSSR count). The van der Waals surface area contributed by atoms with E-state index in [9.17, 15) is 4.79 Å². The fourth-order valence-electron chi connectivity index (χ4n) is 7.35. The van der Waals surface area contributed by atoms with Crippen molar-refractivity contribution in [2.24, 2.45) is 0 Å². The summed E-state index contributed by atoms with van der Waals surface area (Å²) in [4.78, 5) is 25.2. The number of likely N-dealkylation sites (tertiary alicyclic amines) is 1. The van der Waals surface area contributed by atoms with Gasteiger partial charge in [-0.3, -0.25) is 19.6 Å². The van der Waals surface area contributed by atoms with E-state index in [0.29, 0.717) is 12.1 Å². The first-order valence-corrected chi connectivity index (χ1v) is 14.7. The summed E-state index contributed by atoms with van der Waals surface area (Å²) in [6.07, 6.45) is 6.86. The number of carbonyl (C=O) groups is 1. The number of hydrogen-bond acceptors (Lipinski definition) is 5. The van der Waals surface area contributed by atoms with Gasteiger partial charge in [0.15, 0.2) is 0 Å². The minimum atomic E-state index is 0.115. The number of piperazine rings is 1. The van der Waals surface area contributed by atoms with E-state index in [1.54, 1.807) is 6.20 Å². The number of fused-ring (bicyclic) bond motifs is 2. The molecule has 6 nitrogen and oxygen atoms in total. The van der Waals surface area contributed by atoms with Crippen molar-refractivity contribution in [2.75, 3.05) is 39.3 Å². The summed E-state index contributed by atoms with van der Waals surface area (Å²) in [5, 5.41) is 2.01. The standard InChI is InChI=1S/C33H42N4O2/c1-5-39-30-20-26-19-23(2)9-10-28(26)31(30)37-18-17-36(22-24(37)3)33(4)12-15-35(16-13-33)32(38)29-8-6-7-25-21-34-14-11-27(25)29/h6-11,14,19,21,24,30-31H,5,12-13,15-18,20,22H2,1-4H3/t24-,30+,31+/m0/s1. The molecule has 2 aliphatic heterocycles. The van der Waals surface area contributed by atoms with Gasteiger partial charge in [0.2, 0.25) is 0 Å². The van der Waals surface area contributed by atoms with E-state index in [4.69, 9.17) is 4.74 Å². The Kier molecular flexibility index (Phi) is 7.21. The maximum absolute atomic E-state index is 13.5. The molecule has 0 radical (unpaired) electrons. The maximum Gasteiger partial charge on any atom is 0.254 e. The minimum Gasteiger partial charge on any atom is -0.376 e. The summed E-state index contributed by atoms with van der Waals surface area (Å²) in [7, 11) is 0. The summed E-state index contributed by atoms with van der Waals surface area (Å²) in [6, 6.07) is 15.6. The van der Waals surface area contributed by atoms with E-state index in [2.05, 4.69) is 65.6 Å².